The third-order valence-electron chi connectivity index (χ3n) is 3.65. The van der Waals surface area contributed by atoms with Gasteiger partial charge in [0.2, 0.25) is 10.0 Å². The number of hydrogen-bond acceptors (Lipinski definition) is 3. The molecule has 6 heteroatoms. The van der Waals surface area contributed by atoms with Gasteiger partial charge in [-0.3, -0.25) is 0 Å². The molecule has 1 aromatic carbocycles. The van der Waals surface area contributed by atoms with E-state index in [1.54, 1.807) is 6.07 Å². The first kappa shape index (κ1) is 14.8. The molecular weight excluding hydrogens is 328 g/mol. The summed E-state index contributed by atoms with van der Waals surface area (Å²) in [6.45, 7) is 2.74. The van der Waals surface area contributed by atoms with Gasteiger partial charge in [-0.2, -0.15) is 0 Å². The minimum atomic E-state index is -3.44. The lowest BCUT2D eigenvalue weighted by atomic mass is 10.1. The standard InChI is InChI=1S/C13H19BrN2O2S/c1-9-2-3-10(6-9)8-16-19(17,18)11-4-5-13(15)12(14)7-11/h4-5,7,9-10,16H,2-3,6,8,15H2,1H3. The van der Waals surface area contributed by atoms with Gasteiger partial charge in [0.1, 0.15) is 0 Å². The zero-order valence-corrected chi connectivity index (χ0v) is 13.3. The van der Waals surface area contributed by atoms with Crippen LogP contribution in [0.2, 0.25) is 0 Å². The van der Waals surface area contributed by atoms with Crippen LogP contribution in [0.3, 0.4) is 0 Å². The molecule has 2 atom stereocenters. The highest BCUT2D eigenvalue weighted by atomic mass is 79.9. The first-order chi connectivity index (χ1) is 8.88. The summed E-state index contributed by atoms with van der Waals surface area (Å²) in [6, 6.07) is 4.66. The minimum absolute atomic E-state index is 0.250. The third-order valence-corrected chi connectivity index (χ3v) is 5.76. The first-order valence-electron chi connectivity index (χ1n) is 6.43. The van der Waals surface area contributed by atoms with Crippen molar-refractivity contribution in [3.63, 3.8) is 0 Å². The van der Waals surface area contributed by atoms with Crippen LogP contribution in [0, 0.1) is 11.8 Å². The maximum atomic E-state index is 12.2. The molecule has 0 heterocycles. The van der Waals surface area contributed by atoms with Gasteiger partial charge >= 0.3 is 0 Å². The number of nitrogen functional groups attached to an aromatic ring is 1. The topological polar surface area (TPSA) is 72.2 Å². The van der Waals surface area contributed by atoms with Crippen LogP contribution in [0.5, 0.6) is 0 Å². The Bertz CT molecular complexity index is 560. The molecule has 2 rings (SSSR count). The summed E-state index contributed by atoms with van der Waals surface area (Å²) in [5.41, 5.74) is 6.19. The van der Waals surface area contributed by atoms with E-state index in [4.69, 9.17) is 5.73 Å². The van der Waals surface area contributed by atoms with E-state index in [-0.39, 0.29) is 4.90 Å². The lowest BCUT2D eigenvalue weighted by Crippen LogP contribution is -2.28. The summed E-state index contributed by atoms with van der Waals surface area (Å²) in [6.07, 6.45) is 3.41. The number of anilines is 1. The number of nitrogens with two attached hydrogens (primary N) is 1. The zero-order chi connectivity index (χ0) is 14.0. The van der Waals surface area contributed by atoms with Gasteiger partial charge in [-0.1, -0.05) is 13.3 Å². The highest BCUT2D eigenvalue weighted by molar-refractivity contribution is 9.10. The highest BCUT2D eigenvalue weighted by Gasteiger charge is 2.23. The van der Waals surface area contributed by atoms with Gasteiger partial charge in [-0.05, 0) is 58.8 Å². The SMILES string of the molecule is CC1CCC(CNS(=O)(=O)c2ccc(N)c(Br)c2)C1. The van der Waals surface area contributed by atoms with Crippen molar-refractivity contribution in [3.8, 4) is 0 Å². The quantitative estimate of drug-likeness (QED) is 0.823. The Kier molecular flexibility index (Phi) is 4.53. The molecule has 0 saturated heterocycles. The van der Waals surface area contributed by atoms with Gasteiger partial charge in [0.15, 0.2) is 0 Å². The lowest BCUT2D eigenvalue weighted by molar-refractivity contribution is 0.498. The summed E-state index contributed by atoms with van der Waals surface area (Å²) in [5, 5.41) is 0. The largest absolute Gasteiger partial charge is 0.398 e. The Balaban J connectivity index is 2.03. The molecule has 106 valence electrons. The van der Waals surface area contributed by atoms with Crippen molar-refractivity contribution in [2.45, 2.75) is 31.1 Å². The average molecular weight is 347 g/mol. The molecule has 0 amide bonds. The molecule has 1 aliphatic carbocycles. The number of nitrogens with one attached hydrogen (secondary N) is 1. The number of sulfonamides is 1. The van der Waals surface area contributed by atoms with Gasteiger partial charge in [0.05, 0.1) is 4.90 Å². The number of benzene rings is 1. The number of hydrogen-bond donors (Lipinski definition) is 2. The van der Waals surface area contributed by atoms with Gasteiger partial charge < -0.3 is 5.73 Å². The van der Waals surface area contributed by atoms with E-state index in [0.717, 1.165) is 12.8 Å². The lowest BCUT2D eigenvalue weighted by Gasteiger charge is -2.12. The maximum absolute atomic E-state index is 12.2. The summed E-state index contributed by atoms with van der Waals surface area (Å²) < 4.78 is 27.6. The summed E-state index contributed by atoms with van der Waals surface area (Å²) >= 11 is 3.25. The van der Waals surface area contributed by atoms with E-state index in [9.17, 15) is 8.42 Å². The Labute approximate surface area is 122 Å². The van der Waals surface area contributed by atoms with Crippen molar-refractivity contribution in [1.82, 2.24) is 4.72 Å². The molecule has 19 heavy (non-hydrogen) atoms. The molecule has 0 aromatic heterocycles. The molecule has 1 aromatic rings. The Morgan fingerprint density at radius 1 is 1.42 bits per heavy atom. The van der Waals surface area contributed by atoms with Crippen LogP contribution in [-0.2, 0) is 10.0 Å². The second-order valence-corrected chi connectivity index (χ2v) is 7.94. The van der Waals surface area contributed by atoms with Crippen LogP contribution in [0.25, 0.3) is 0 Å². The summed E-state index contributed by atoms with van der Waals surface area (Å²) in [7, 11) is -3.44. The predicted octanol–water partition coefficient (Wildman–Crippen LogP) is 2.75. The van der Waals surface area contributed by atoms with Crippen LogP contribution in [0.15, 0.2) is 27.6 Å². The summed E-state index contributed by atoms with van der Waals surface area (Å²) in [5.74, 6) is 1.17. The van der Waals surface area contributed by atoms with Crippen molar-refractivity contribution in [3.05, 3.63) is 22.7 Å². The van der Waals surface area contributed by atoms with Crippen molar-refractivity contribution in [2.24, 2.45) is 11.8 Å². The van der Waals surface area contributed by atoms with E-state index in [2.05, 4.69) is 27.6 Å². The molecule has 0 radical (unpaired) electrons. The molecular formula is C13H19BrN2O2S. The molecule has 1 saturated carbocycles. The van der Waals surface area contributed by atoms with Crippen molar-refractivity contribution in [2.75, 3.05) is 12.3 Å². The fraction of sp³-hybridized carbons (Fsp3) is 0.538. The normalized spacial score (nSPS) is 23.7. The molecule has 0 spiro atoms. The Morgan fingerprint density at radius 3 is 2.74 bits per heavy atom. The predicted molar refractivity (Wildman–Crippen MR) is 80.2 cm³/mol. The van der Waals surface area contributed by atoms with Gasteiger partial charge in [0.25, 0.3) is 0 Å². The van der Waals surface area contributed by atoms with Gasteiger partial charge in [-0.25, -0.2) is 13.1 Å². The van der Waals surface area contributed by atoms with E-state index < -0.39 is 10.0 Å². The smallest absolute Gasteiger partial charge is 0.240 e. The molecule has 1 fully saturated rings. The van der Waals surface area contributed by atoms with Crippen molar-refractivity contribution < 1.29 is 8.42 Å². The van der Waals surface area contributed by atoms with Crippen LogP contribution in [0.1, 0.15) is 26.2 Å². The molecule has 4 nitrogen and oxygen atoms in total. The van der Waals surface area contributed by atoms with E-state index in [0.29, 0.717) is 28.5 Å². The summed E-state index contributed by atoms with van der Waals surface area (Å²) in [4.78, 5) is 0.250. The third kappa shape index (κ3) is 3.70. The number of halogens is 1. The van der Waals surface area contributed by atoms with E-state index >= 15 is 0 Å². The van der Waals surface area contributed by atoms with Crippen LogP contribution < -0.4 is 10.5 Å². The fourth-order valence-electron chi connectivity index (χ4n) is 2.50. The molecule has 1 aliphatic rings. The molecule has 2 unspecified atom stereocenters. The first-order valence-corrected chi connectivity index (χ1v) is 8.71. The maximum Gasteiger partial charge on any atom is 0.240 e. The van der Waals surface area contributed by atoms with Gasteiger partial charge in [-0.15, -0.1) is 0 Å². The van der Waals surface area contributed by atoms with Crippen molar-refractivity contribution in [1.29, 1.82) is 0 Å². The van der Waals surface area contributed by atoms with Crippen molar-refractivity contribution >= 4 is 31.6 Å². The van der Waals surface area contributed by atoms with E-state index in [1.165, 1.54) is 18.6 Å². The molecule has 0 aliphatic heterocycles. The fourth-order valence-corrected chi connectivity index (χ4v) is 4.17. The second-order valence-electron chi connectivity index (χ2n) is 5.32. The Hall–Kier alpha value is -0.590. The Morgan fingerprint density at radius 2 is 2.16 bits per heavy atom. The molecule has 0 bridgehead atoms. The van der Waals surface area contributed by atoms with Gasteiger partial charge in [0, 0.05) is 16.7 Å². The zero-order valence-electron chi connectivity index (χ0n) is 10.9. The van der Waals surface area contributed by atoms with Crippen LogP contribution in [-0.4, -0.2) is 15.0 Å². The average Bonchev–Trinajstić information content (AvgIpc) is 2.76. The highest BCUT2D eigenvalue weighted by Crippen LogP contribution is 2.30. The van der Waals surface area contributed by atoms with E-state index in [1.807, 2.05) is 0 Å². The minimum Gasteiger partial charge on any atom is -0.398 e. The second kappa shape index (κ2) is 5.81. The number of rotatable bonds is 4. The van der Waals surface area contributed by atoms with Crippen LogP contribution in [0.4, 0.5) is 5.69 Å². The monoisotopic (exact) mass is 346 g/mol. The van der Waals surface area contributed by atoms with Crippen LogP contribution >= 0.6 is 15.9 Å². The molecule has 3 N–H and O–H groups in total.